The summed E-state index contributed by atoms with van der Waals surface area (Å²) < 4.78 is 5.45. The number of esters is 1. The van der Waals surface area contributed by atoms with Gasteiger partial charge < -0.3 is 20.3 Å². The minimum atomic E-state index is -0.403. The topological polar surface area (TPSA) is 70.7 Å². The number of unbranched alkanes of at least 4 members (excludes halogenated alkanes) is 1. The highest BCUT2D eigenvalue weighted by Gasteiger charge is 2.33. The molecule has 1 aliphatic rings. The fourth-order valence-corrected chi connectivity index (χ4v) is 3.20. The van der Waals surface area contributed by atoms with E-state index in [1.54, 1.807) is 4.90 Å². The molecule has 1 aromatic carbocycles. The summed E-state index contributed by atoms with van der Waals surface area (Å²) in [6.07, 6.45) is 2.14. The van der Waals surface area contributed by atoms with Crippen molar-refractivity contribution in [1.82, 2.24) is 10.2 Å². The van der Waals surface area contributed by atoms with Gasteiger partial charge in [-0.15, -0.1) is 0 Å². The Hall–Kier alpha value is -2.41. The minimum absolute atomic E-state index is 0.00475. The summed E-state index contributed by atoms with van der Waals surface area (Å²) in [5.41, 5.74) is 2.89. The number of anilines is 1. The maximum Gasteiger partial charge on any atom is 0.338 e. The van der Waals surface area contributed by atoms with Crippen molar-refractivity contribution in [2.24, 2.45) is 0 Å². The molecule has 7 heteroatoms. The second-order valence-corrected chi connectivity index (χ2v) is 7.56. The minimum Gasteiger partial charge on any atom is -0.459 e. The number of hydrogen-bond acceptors (Lipinski definition) is 4. The SMILES string of the molecule is CCCCC(=O)Nc1ccc([C@@H]2NC(=S)N(C)C(C)=C2C(=O)OC(C)C)cc1. The molecule has 0 unspecified atom stereocenters. The number of ether oxygens (including phenoxy) is 1. The highest BCUT2D eigenvalue weighted by Crippen LogP contribution is 2.31. The van der Waals surface area contributed by atoms with Gasteiger partial charge in [-0.1, -0.05) is 25.5 Å². The Morgan fingerprint density at radius 1 is 1.29 bits per heavy atom. The predicted molar refractivity (Wildman–Crippen MR) is 115 cm³/mol. The molecule has 0 saturated heterocycles. The Morgan fingerprint density at radius 2 is 1.93 bits per heavy atom. The van der Waals surface area contributed by atoms with Crippen LogP contribution in [0.4, 0.5) is 5.69 Å². The van der Waals surface area contributed by atoms with Crippen LogP contribution in [0.5, 0.6) is 0 Å². The Bertz CT molecular complexity index is 772. The van der Waals surface area contributed by atoms with E-state index in [1.807, 2.05) is 52.1 Å². The molecule has 0 radical (unpaired) electrons. The van der Waals surface area contributed by atoms with Gasteiger partial charge in [0.05, 0.1) is 17.7 Å². The standard InChI is InChI=1S/C21H29N3O3S/c1-6-7-8-17(25)22-16-11-9-15(10-12-16)19-18(20(26)27-13(2)3)14(4)24(5)21(28)23-19/h9-13,19H,6-8H2,1-5H3,(H,22,25)(H,23,28)/t19-/m0/s1. The van der Waals surface area contributed by atoms with Crippen LogP contribution in [-0.4, -0.2) is 35.0 Å². The number of carbonyl (C=O) groups excluding carboxylic acids is 2. The number of nitrogens with zero attached hydrogens (tertiary/aromatic N) is 1. The van der Waals surface area contributed by atoms with E-state index in [0.29, 0.717) is 17.1 Å². The molecular formula is C21H29N3O3S. The van der Waals surface area contributed by atoms with Crippen molar-refractivity contribution in [3.8, 4) is 0 Å². The molecule has 0 aromatic heterocycles. The highest BCUT2D eigenvalue weighted by atomic mass is 32.1. The molecule has 0 bridgehead atoms. The molecule has 0 spiro atoms. The van der Waals surface area contributed by atoms with Crippen LogP contribution in [0.25, 0.3) is 0 Å². The first kappa shape index (κ1) is 21.9. The lowest BCUT2D eigenvalue weighted by molar-refractivity contribution is -0.143. The first-order valence-corrected chi connectivity index (χ1v) is 10.0. The van der Waals surface area contributed by atoms with Gasteiger partial charge in [-0.3, -0.25) is 4.79 Å². The fraction of sp³-hybridized carbons (Fsp3) is 0.476. The van der Waals surface area contributed by atoms with Crippen LogP contribution < -0.4 is 10.6 Å². The van der Waals surface area contributed by atoms with Crippen LogP contribution in [0.2, 0.25) is 0 Å². The Labute approximate surface area is 172 Å². The zero-order valence-corrected chi connectivity index (χ0v) is 18.0. The van der Waals surface area contributed by atoms with E-state index < -0.39 is 6.04 Å². The number of carbonyl (C=O) groups is 2. The third kappa shape index (κ3) is 5.32. The van der Waals surface area contributed by atoms with E-state index in [9.17, 15) is 9.59 Å². The number of hydrogen-bond donors (Lipinski definition) is 2. The van der Waals surface area contributed by atoms with Gasteiger partial charge in [0.25, 0.3) is 0 Å². The Balaban J connectivity index is 2.26. The zero-order chi connectivity index (χ0) is 20.8. The fourth-order valence-electron chi connectivity index (χ4n) is 2.95. The normalized spacial score (nSPS) is 16.9. The van der Waals surface area contributed by atoms with Crippen molar-refractivity contribution in [1.29, 1.82) is 0 Å². The Morgan fingerprint density at radius 3 is 2.50 bits per heavy atom. The summed E-state index contributed by atoms with van der Waals surface area (Å²) in [7, 11) is 1.82. The van der Waals surface area contributed by atoms with Crippen molar-refractivity contribution >= 4 is 34.9 Å². The predicted octanol–water partition coefficient (Wildman–Crippen LogP) is 3.90. The Kier molecular flexibility index (Phi) is 7.57. The summed E-state index contributed by atoms with van der Waals surface area (Å²) in [6, 6.07) is 7.04. The summed E-state index contributed by atoms with van der Waals surface area (Å²) in [5.74, 6) is -0.360. The van der Waals surface area contributed by atoms with Gasteiger partial charge in [0.2, 0.25) is 5.91 Å². The van der Waals surface area contributed by atoms with Gasteiger partial charge in [-0.2, -0.15) is 0 Å². The van der Waals surface area contributed by atoms with E-state index in [-0.39, 0.29) is 18.0 Å². The third-order valence-electron chi connectivity index (χ3n) is 4.60. The van der Waals surface area contributed by atoms with Gasteiger partial charge in [-0.05, 0) is 57.1 Å². The average Bonchev–Trinajstić information content (AvgIpc) is 2.64. The summed E-state index contributed by atoms with van der Waals surface area (Å²) in [6.45, 7) is 7.56. The number of rotatable bonds is 7. The largest absolute Gasteiger partial charge is 0.459 e. The van der Waals surface area contributed by atoms with E-state index in [0.717, 1.165) is 29.8 Å². The second kappa shape index (κ2) is 9.68. The quantitative estimate of drug-likeness (QED) is 0.531. The van der Waals surface area contributed by atoms with Crippen molar-refractivity contribution in [3.63, 3.8) is 0 Å². The molecule has 1 aliphatic heterocycles. The molecule has 0 aliphatic carbocycles. The number of thiocarbonyl (C=S) groups is 1. The summed E-state index contributed by atoms with van der Waals surface area (Å²) in [4.78, 5) is 26.4. The molecular weight excluding hydrogens is 374 g/mol. The summed E-state index contributed by atoms with van der Waals surface area (Å²) >= 11 is 5.40. The van der Waals surface area contributed by atoms with Crippen molar-refractivity contribution in [3.05, 3.63) is 41.1 Å². The molecule has 1 heterocycles. The molecule has 2 rings (SSSR count). The lowest BCUT2D eigenvalue weighted by Gasteiger charge is -2.35. The summed E-state index contributed by atoms with van der Waals surface area (Å²) in [5, 5.41) is 6.65. The van der Waals surface area contributed by atoms with E-state index >= 15 is 0 Å². The van der Waals surface area contributed by atoms with Gasteiger partial charge >= 0.3 is 5.97 Å². The molecule has 1 amide bonds. The van der Waals surface area contributed by atoms with Crippen LogP contribution in [0.1, 0.15) is 58.6 Å². The van der Waals surface area contributed by atoms with Crippen LogP contribution in [0, 0.1) is 0 Å². The van der Waals surface area contributed by atoms with E-state index in [4.69, 9.17) is 17.0 Å². The van der Waals surface area contributed by atoms with Crippen molar-refractivity contribution in [2.75, 3.05) is 12.4 Å². The van der Waals surface area contributed by atoms with E-state index in [2.05, 4.69) is 17.6 Å². The van der Waals surface area contributed by atoms with Crippen LogP contribution >= 0.6 is 12.2 Å². The van der Waals surface area contributed by atoms with Crippen LogP contribution in [-0.2, 0) is 14.3 Å². The third-order valence-corrected chi connectivity index (χ3v) is 4.99. The molecule has 0 fully saturated rings. The lowest BCUT2D eigenvalue weighted by atomic mass is 9.95. The number of amides is 1. The molecule has 2 N–H and O–H groups in total. The first-order chi connectivity index (χ1) is 13.2. The monoisotopic (exact) mass is 403 g/mol. The molecule has 152 valence electrons. The molecule has 28 heavy (non-hydrogen) atoms. The number of nitrogens with one attached hydrogen (secondary N) is 2. The average molecular weight is 404 g/mol. The maximum absolute atomic E-state index is 12.7. The molecule has 0 saturated carbocycles. The van der Waals surface area contributed by atoms with Gasteiger partial charge in [0.15, 0.2) is 5.11 Å². The van der Waals surface area contributed by atoms with Gasteiger partial charge in [0.1, 0.15) is 0 Å². The molecule has 1 aromatic rings. The van der Waals surface area contributed by atoms with Crippen LogP contribution in [0.15, 0.2) is 35.5 Å². The number of allylic oxidation sites excluding steroid dienone is 1. The second-order valence-electron chi connectivity index (χ2n) is 7.17. The lowest BCUT2D eigenvalue weighted by Crippen LogP contribution is -2.46. The van der Waals surface area contributed by atoms with E-state index in [1.165, 1.54) is 0 Å². The smallest absolute Gasteiger partial charge is 0.338 e. The molecule has 6 nitrogen and oxygen atoms in total. The van der Waals surface area contributed by atoms with Crippen molar-refractivity contribution in [2.45, 2.75) is 59.1 Å². The first-order valence-electron chi connectivity index (χ1n) is 9.60. The van der Waals surface area contributed by atoms with Crippen LogP contribution in [0.3, 0.4) is 0 Å². The molecule has 1 atom stereocenters. The maximum atomic E-state index is 12.7. The van der Waals surface area contributed by atoms with Crippen molar-refractivity contribution < 1.29 is 14.3 Å². The number of benzene rings is 1. The van der Waals surface area contributed by atoms with Gasteiger partial charge in [-0.25, -0.2) is 4.79 Å². The highest BCUT2D eigenvalue weighted by molar-refractivity contribution is 7.80. The zero-order valence-electron chi connectivity index (χ0n) is 17.2. The van der Waals surface area contributed by atoms with Gasteiger partial charge in [0, 0.05) is 24.9 Å².